The molecule has 1 aromatic heterocycles. The molecule has 27 heavy (non-hydrogen) atoms. The van der Waals surface area contributed by atoms with Crippen molar-refractivity contribution in [2.24, 2.45) is 0 Å². The SMILES string of the molecule is CC(C(=O)c1ccccc1-c1ccccc1)n1c(=O)[nH]c2cc(N)ccc21. The summed E-state index contributed by atoms with van der Waals surface area (Å²) in [6.45, 7) is 1.75. The van der Waals surface area contributed by atoms with Crippen molar-refractivity contribution in [2.75, 3.05) is 5.73 Å². The zero-order chi connectivity index (χ0) is 19.0. The molecule has 5 heteroatoms. The second-order valence-corrected chi connectivity index (χ2v) is 6.53. The fourth-order valence-corrected chi connectivity index (χ4v) is 3.44. The Hall–Kier alpha value is -3.60. The van der Waals surface area contributed by atoms with Gasteiger partial charge in [-0.05, 0) is 36.2 Å². The van der Waals surface area contributed by atoms with Crippen LogP contribution in [0.25, 0.3) is 22.2 Å². The number of Topliss-reactive ketones (excluding diaryl/α,β-unsaturated/α-hetero) is 1. The highest BCUT2D eigenvalue weighted by molar-refractivity contribution is 6.05. The van der Waals surface area contributed by atoms with Gasteiger partial charge in [-0.25, -0.2) is 4.79 Å². The largest absolute Gasteiger partial charge is 0.399 e. The first kappa shape index (κ1) is 16.8. The number of fused-ring (bicyclic) bond motifs is 1. The van der Waals surface area contributed by atoms with Crippen LogP contribution in [0.5, 0.6) is 0 Å². The monoisotopic (exact) mass is 357 g/mol. The number of nitrogens with two attached hydrogens (primary N) is 1. The molecule has 0 aliphatic rings. The summed E-state index contributed by atoms with van der Waals surface area (Å²) in [5, 5.41) is 0. The Labute approximate surface area is 156 Å². The zero-order valence-corrected chi connectivity index (χ0v) is 14.8. The molecule has 0 bridgehead atoms. The Morgan fingerprint density at radius 3 is 2.48 bits per heavy atom. The van der Waals surface area contributed by atoms with Gasteiger partial charge in [0.2, 0.25) is 0 Å². The van der Waals surface area contributed by atoms with Gasteiger partial charge in [-0.3, -0.25) is 9.36 Å². The average Bonchev–Trinajstić information content (AvgIpc) is 3.02. The number of nitrogens with zero attached hydrogens (tertiary/aromatic N) is 1. The van der Waals surface area contributed by atoms with E-state index in [1.807, 2.05) is 48.5 Å². The molecule has 1 heterocycles. The predicted molar refractivity (Wildman–Crippen MR) is 108 cm³/mol. The number of hydrogen-bond acceptors (Lipinski definition) is 3. The minimum atomic E-state index is -0.653. The van der Waals surface area contributed by atoms with Gasteiger partial charge in [0.15, 0.2) is 5.78 Å². The highest BCUT2D eigenvalue weighted by Gasteiger charge is 2.23. The lowest BCUT2D eigenvalue weighted by atomic mass is 9.94. The van der Waals surface area contributed by atoms with Crippen molar-refractivity contribution in [3.8, 4) is 11.1 Å². The van der Waals surface area contributed by atoms with E-state index in [1.165, 1.54) is 4.57 Å². The molecular weight excluding hydrogens is 338 g/mol. The second kappa shape index (κ2) is 6.61. The van der Waals surface area contributed by atoms with E-state index in [2.05, 4.69) is 4.98 Å². The van der Waals surface area contributed by atoms with Crippen LogP contribution >= 0.6 is 0 Å². The van der Waals surface area contributed by atoms with E-state index >= 15 is 0 Å². The molecule has 0 radical (unpaired) electrons. The van der Waals surface area contributed by atoms with Crippen molar-refractivity contribution >= 4 is 22.5 Å². The number of rotatable bonds is 4. The number of imidazole rings is 1. The van der Waals surface area contributed by atoms with Crippen molar-refractivity contribution in [2.45, 2.75) is 13.0 Å². The first-order valence-corrected chi connectivity index (χ1v) is 8.74. The molecule has 3 aromatic carbocycles. The van der Waals surface area contributed by atoms with Gasteiger partial charge in [0.05, 0.1) is 17.1 Å². The van der Waals surface area contributed by atoms with Crippen molar-refractivity contribution < 1.29 is 4.79 Å². The van der Waals surface area contributed by atoms with Gasteiger partial charge in [0.25, 0.3) is 0 Å². The summed E-state index contributed by atoms with van der Waals surface area (Å²) in [5.41, 5.74) is 9.72. The van der Waals surface area contributed by atoms with Gasteiger partial charge in [0, 0.05) is 11.3 Å². The number of nitrogens with one attached hydrogen (secondary N) is 1. The van der Waals surface area contributed by atoms with Gasteiger partial charge in [0.1, 0.15) is 0 Å². The quantitative estimate of drug-likeness (QED) is 0.427. The minimum Gasteiger partial charge on any atom is -0.399 e. The lowest BCUT2D eigenvalue weighted by Gasteiger charge is -2.15. The van der Waals surface area contributed by atoms with Gasteiger partial charge >= 0.3 is 5.69 Å². The Kier molecular flexibility index (Phi) is 4.12. The second-order valence-electron chi connectivity index (χ2n) is 6.53. The number of ketones is 1. The van der Waals surface area contributed by atoms with E-state index in [9.17, 15) is 9.59 Å². The maximum atomic E-state index is 13.3. The lowest BCUT2D eigenvalue weighted by Crippen LogP contribution is -2.26. The normalized spacial score (nSPS) is 12.2. The number of benzene rings is 3. The number of carbonyl (C=O) groups is 1. The summed E-state index contributed by atoms with van der Waals surface area (Å²) in [6, 6.07) is 21.8. The van der Waals surface area contributed by atoms with Crippen molar-refractivity contribution in [1.29, 1.82) is 0 Å². The van der Waals surface area contributed by atoms with E-state index in [1.54, 1.807) is 31.2 Å². The molecule has 0 amide bonds. The summed E-state index contributed by atoms with van der Waals surface area (Å²) < 4.78 is 1.48. The Bertz CT molecular complexity index is 1190. The number of aromatic nitrogens is 2. The number of hydrogen-bond donors (Lipinski definition) is 2. The van der Waals surface area contributed by atoms with Gasteiger partial charge in [-0.1, -0.05) is 54.6 Å². The summed E-state index contributed by atoms with van der Waals surface area (Å²) in [4.78, 5) is 28.6. The third-order valence-corrected chi connectivity index (χ3v) is 4.78. The molecule has 0 aliphatic heterocycles. The van der Waals surface area contributed by atoms with E-state index in [0.29, 0.717) is 22.3 Å². The summed E-state index contributed by atoms with van der Waals surface area (Å²) >= 11 is 0. The molecule has 134 valence electrons. The van der Waals surface area contributed by atoms with Crippen LogP contribution in [0.1, 0.15) is 23.3 Å². The molecular formula is C22H19N3O2. The van der Waals surface area contributed by atoms with Crippen LogP contribution in [0.2, 0.25) is 0 Å². The maximum absolute atomic E-state index is 13.3. The Morgan fingerprint density at radius 1 is 1.00 bits per heavy atom. The molecule has 0 fully saturated rings. The summed E-state index contributed by atoms with van der Waals surface area (Å²) in [6.07, 6.45) is 0. The van der Waals surface area contributed by atoms with Crippen LogP contribution in [0.15, 0.2) is 77.6 Å². The van der Waals surface area contributed by atoms with Crippen LogP contribution in [-0.2, 0) is 0 Å². The highest BCUT2D eigenvalue weighted by atomic mass is 16.2. The molecule has 5 nitrogen and oxygen atoms in total. The van der Waals surface area contributed by atoms with Gasteiger partial charge < -0.3 is 10.7 Å². The Balaban J connectivity index is 1.81. The topological polar surface area (TPSA) is 80.9 Å². The number of nitrogen functional groups attached to an aromatic ring is 1. The van der Waals surface area contributed by atoms with Gasteiger partial charge in [-0.15, -0.1) is 0 Å². The molecule has 0 saturated heterocycles. The van der Waals surface area contributed by atoms with Crippen LogP contribution in [0.3, 0.4) is 0 Å². The van der Waals surface area contributed by atoms with Crippen molar-refractivity contribution in [3.05, 3.63) is 88.8 Å². The molecule has 4 rings (SSSR count). The van der Waals surface area contributed by atoms with Crippen LogP contribution in [0, 0.1) is 0 Å². The lowest BCUT2D eigenvalue weighted by molar-refractivity contribution is 0.0936. The van der Waals surface area contributed by atoms with Crippen molar-refractivity contribution in [3.63, 3.8) is 0 Å². The molecule has 1 unspecified atom stereocenters. The number of carbonyl (C=O) groups excluding carboxylic acids is 1. The minimum absolute atomic E-state index is 0.116. The summed E-state index contributed by atoms with van der Waals surface area (Å²) in [7, 11) is 0. The molecule has 0 spiro atoms. The van der Waals surface area contributed by atoms with Crippen LogP contribution in [-0.4, -0.2) is 15.3 Å². The highest BCUT2D eigenvalue weighted by Crippen LogP contribution is 2.27. The Morgan fingerprint density at radius 2 is 1.70 bits per heavy atom. The fourth-order valence-electron chi connectivity index (χ4n) is 3.44. The number of anilines is 1. The standard InChI is InChI=1S/C22H19N3O2/c1-14(25-20-12-11-16(23)13-19(20)24-22(25)27)21(26)18-10-6-5-9-17(18)15-7-3-2-4-8-15/h2-14H,23H2,1H3,(H,24,27). The maximum Gasteiger partial charge on any atom is 0.327 e. The first-order chi connectivity index (χ1) is 13.1. The van der Waals surface area contributed by atoms with Crippen molar-refractivity contribution in [1.82, 2.24) is 9.55 Å². The van der Waals surface area contributed by atoms with Crippen LogP contribution in [0.4, 0.5) is 5.69 Å². The first-order valence-electron chi connectivity index (χ1n) is 8.74. The number of aromatic amines is 1. The van der Waals surface area contributed by atoms with E-state index in [4.69, 9.17) is 5.73 Å². The smallest absolute Gasteiger partial charge is 0.327 e. The average molecular weight is 357 g/mol. The van der Waals surface area contributed by atoms with Gasteiger partial charge in [-0.2, -0.15) is 0 Å². The molecule has 0 aliphatic carbocycles. The molecule has 3 N–H and O–H groups in total. The number of H-pyrrole nitrogens is 1. The predicted octanol–water partition coefficient (Wildman–Crippen LogP) is 4.02. The molecule has 1 atom stereocenters. The van der Waals surface area contributed by atoms with Crippen LogP contribution < -0.4 is 11.4 Å². The fraction of sp³-hybridized carbons (Fsp3) is 0.0909. The molecule has 4 aromatic rings. The third-order valence-electron chi connectivity index (χ3n) is 4.78. The third kappa shape index (κ3) is 2.93. The van der Waals surface area contributed by atoms with E-state index < -0.39 is 6.04 Å². The molecule has 0 saturated carbocycles. The van der Waals surface area contributed by atoms with E-state index in [-0.39, 0.29) is 11.5 Å². The summed E-state index contributed by atoms with van der Waals surface area (Å²) in [5.74, 6) is -0.116. The van der Waals surface area contributed by atoms with E-state index in [0.717, 1.165) is 11.1 Å². The zero-order valence-electron chi connectivity index (χ0n) is 14.8.